The fourth-order valence-electron chi connectivity index (χ4n) is 1.17. The molecule has 1 aromatic carbocycles. The summed E-state index contributed by atoms with van der Waals surface area (Å²) in [5.74, 6) is 0.630. The summed E-state index contributed by atoms with van der Waals surface area (Å²) in [6, 6.07) is 5.20. The van der Waals surface area contributed by atoms with Crippen LogP contribution < -0.4 is 10.1 Å². The molecule has 1 rings (SSSR count). The molecule has 0 radical (unpaired) electrons. The summed E-state index contributed by atoms with van der Waals surface area (Å²) in [7, 11) is 0. The third-order valence-corrected chi connectivity index (χ3v) is 2.46. The van der Waals surface area contributed by atoms with Gasteiger partial charge >= 0.3 is 0 Å². The SMILES string of the molecule is CC(C)(C)NCCOc1cc(Cl)ccc1Cl. The van der Waals surface area contributed by atoms with Crippen LogP contribution in [0.15, 0.2) is 18.2 Å². The molecule has 1 aromatic rings. The van der Waals surface area contributed by atoms with Crippen LogP contribution in [0.5, 0.6) is 5.75 Å². The molecule has 1 N–H and O–H groups in total. The van der Waals surface area contributed by atoms with Crippen molar-refractivity contribution in [3.8, 4) is 5.75 Å². The zero-order valence-electron chi connectivity index (χ0n) is 9.81. The second-order valence-electron chi connectivity index (χ2n) is 4.60. The first kappa shape index (κ1) is 13.6. The number of hydrogen-bond acceptors (Lipinski definition) is 2. The van der Waals surface area contributed by atoms with E-state index < -0.39 is 0 Å². The van der Waals surface area contributed by atoms with E-state index in [9.17, 15) is 0 Å². The zero-order chi connectivity index (χ0) is 12.2. The van der Waals surface area contributed by atoms with Crippen LogP contribution >= 0.6 is 23.2 Å². The van der Waals surface area contributed by atoms with E-state index in [1.165, 1.54) is 0 Å². The smallest absolute Gasteiger partial charge is 0.139 e. The molecule has 90 valence electrons. The Kier molecular flexibility index (Phi) is 4.90. The third kappa shape index (κ3) is 5.06. The molecule has 0 fully saturated rings. The van der Waals surface area contributed by atoms with Gasteiger partial charge < -0.3 is 10.1 Å². The largest absolute Gasteiger partial charge is 0.491 e. The minimum atomic E-state index is 0.0987. The van der Waals surface area contributed by atoms with Crippen molar-refractivity contribution in [1.82, 2.24) is 5.32 Å². The molecule has 0 amide bonds. The second-order valence-corrected chi connectivity index (χ2v) is 5.44. The van der Waals surface area contributed by atoms with Crippen LogP contribution in [0, 0.1) is 0 Å². The second kappa shape index (κ2) is 5.76. The maximum Gasteiger partial charge on any atom is 0.139 e. The maximum atomic E-state index is 5.96. The van der Waals surface area contributed by atoms with Crippen molar-refractivity contribution in [3.05, 3.63) is 28.2 Å². The predicted octanol–water partition coefficient (Wildman–Crippen LogP) is 3.76. The molecule has 2 nitrogen and oxygen atoms in total. The molecule has 0 aromatic heterocycles. The fraction of sp³-hybridized carbons (Fsp3) is 0.500. The van der Waals surface area contributed by atoms with Gasteiger partial charge in [-0.2, -0.15) is 0 Å². The average Bonchev–Trinajstić information content (AvgIpc) is 2.16. The van der Waals surface area contributed by atoms with Crippen molar-refractivity contribution in [2.24, 2.45) is 0 Å². The van der Waals surface area contributed by atoms with Crippen LogP contribution in [-0.2, 0) is 0 Å². The topological polar surface area (TPSA) is 21.3 Å². The number of halogens is 2. The molecular weight excluding hydrogens is 245 g/mol. The molecule has 16 heavy (non-hydrogen) atoms. The van der Waals surface area contributed by atoms with E-state index in [1.807, 2.05) is 0 Å². The van der Waals surface area contributed by atoms with Crippen LogP contribution in [0.3, 0.4) is 0 Å². The van der Waals surface area contributed by atoms with Gasteiger partial charge in [-0.15, -0.1) is 0 Å². The molecule has 0 bridgehead atoms. The van der Waals surface area contributed by atoms with Crippen molar-refractivity contribution < 1.29 is 4.74 Å². The maximum absolute atomic E-state index is 5.96. The van der Waals surface area contributed by atoms with Crippen LogP contribution in [0.4, 0.5) is 0 Å². The molecular formula is C12H17Cl2NO. The molecule has 0 unspecified atom stereocenters. The summed E-state index contributed by atoms with van der Waals surface area (Å²) in [6.07, 6.45) is 0. The summed E-state index contributed by atoms with van der Waals surface area (Å²) < 4.78 is 5.53. The zero-order valence-corrected chi connectivity index (χ0v) is 11.3. The molecule has 0 aliphatic carbocycles. The van der Waals surface area contributed by atoms with Crippen molar-refractivity contribution >= 4 is 23.2 Å². The number of ether oxygens (including phenoxy) is 1. The highest BCUT2D eigenvalue weighted by atomic mass is 35.5. The van der Waals surface area contributed by atoms with E-state index in [4.69, 9.17) is 27.9 Å². The first-order valence-electron chi connectivity index (χ1n) is 5.21. The van der Waals surface area contributed by atoms with Gasteiger partial charge in [-0.1, -0.05) is 23.2 Å². The number of hydrogen-bond donors (Lipinski definition) is 1. The van der Waals surface area contributed by atoms with Crippen LogP contribution in [0.25, 0.3) is 0 Å². The molecule has 0 spiro atoms. The van der Waals surface area contributed by atoms with E-state index in [2.05, 4.69) is 26.1 Å². The van der Waals surface area contributed by atoms with E-state index in [0.717, 1.165) is 6.54 Å². The number of benzene rings is 1. The minimum Gasteiger partial charge on any atom is -0.491 e. The Morgan fingerprint density at radius 2 is 1.94 bits per heavy atom. The Hall–Kier alpha value is -0.440. The van der Waals surface area contributed by atoms with E-state index in [1.54, 1.807) is 18.2 Å². The minimum absolute atomic E-state index is 0.0987. The Morgan fingerprint density at radius 1 is 1.25 bits per heavy atom. The van der Waals surface area contributed by atoms with Gasteiger partial charge in [0.2, 0.25) is 0 Å². The predicted molar refractivity (Wildman–Crippen MR) is 69.7 cm³/mol. The average molecular weight is 262 g/mol. The van der Waals surface area contributed by atoms with Crippen LogP contribution in [0.2, 0.25) is 10.0 Å². The lowest BCUT2D eigenvalue weighted by Crippen LogP contribution is -2.38. The van der Waals surface area contributed by atoms with E-state index >= 15 is 0 Å². The standard InChI is InChI=1S/C12H17Cl2NO/c1-12(2,3)15-6-7-16-11-8-9(13)4-5-10(11)14/h4-5,8,15H,6-7H2,1-3H3. The lowest BCUT2D eigenvalue weighted by atomic mass is 10.1. The van der Waals surface area contributed by atoms with E-state index in [-0.39, 0.29) is 5.54 Å². The van der Waals surface area contributed by atoms with Crippen molar-refractivity contribution in [1.29, 1.82) is 0 Å². The van der Waals surface area contributed by atoms with Gasteiger partial charge in [-0.3, -0.25) is 0 Å². The number of nitrogens with one attached hydrogen (secondary N) is 1. The summed E-state index contributed by atoms with van der Waals surface area (Å²) in [5, 5.41) is 4.54. The summed E-state index contributed by atoms with van der Waals surface area (Å²) in [5.41, 5.74) is 0.0987. The van der Waals surface area contributed by atoms with Gasteiger partial charge in [-0.05, 0) is 32.9 Å². The van der Waals surface area contributed by atoms with Crippen molar-refractivity contribution in [2.75, 3.05) is 13.2 Å². The van der Waals surface area contributed by atoms with Crippen LogP contribution in [-0.4, -0.2) is 18.7 Å². The fourth-order valence-corrected chi connectivity index (χ4v) is 1.51. The summed E-state index contributed by atoms with van der Waals surface area (Å²) in [6.45, 7) is 7.67. The molecule has 0 heterocycles. The Balaban J connectivity index is 2.40. The Labute approximate surface area is 107 Å². The third-order valence-electron chi connectivity index (χ3n) is 1.91. The molecule has 0 saturated heterocycles. The monoisotopic (exact) mass is 261 g/mol. The highest BCUT2D eigenvalue weighted by Crippen LogP contribution is 2.27. The van der Waals surface area contributed by atoms with Crippen molar-refractivity contribution in [3.63, 3.8) is 0 Å². The molecule has 0 atom stereocenters. The highest BCUT2D eigenvalue weighted by Gasteiger charge is 2.08. The molecule has 0 saturated carbocycles. The van der Waals surface area contributed by atoms with Gasteiger partial charge in [0.1, 0.15) is 12.4 Å². The lowest BCUT2D eigenvalue weighted by Gasteiger charge is -2.20. The van der Waals surface area contributed by atoms with Gasteiger partial charge in [-0.25, -0.2) is 0 Å². The lowest BCUT2D eigenvalue weighted by molar-refractivity contribution is 0.291. The van der Waals surface area contributed by atoms with E-state index in [0.29, 0.717) is 22.4 Å². The molecule has 0 aliphatic heterocycles. The van der Waals surface area contributed by atoms with Crippen molar-refractivity contribution in [2.45, 2.75) is 26.3 Å². The number of rotatable bonds is 4. The summed E-state index contributed by atoms with van der Waals surface area (Å²) >= 11 is 11.8. The van der Waals surface area contributed by atoms with Crippen LogP contribution in [0.1, 0.15) is 20.8 Å². The van der Waals surface area contributed by atoms with Gasteiger partial charge in [0.25, 0.3) is 0 Å². The normalized spacial score (nSPS) is 11.6. The molecule has 4 heteroatoms. The first-order valence-corrected chi connectivity index (χ1v) is 5.97. The summed E-state index contributed by atoms with van der Waals surface area (Å²) in [4.78, 5) is 0. The molecule has 0 aliphatic rings. The van der Waals surface area contributed by atoms with Gasteiger partial charge in [0.15, 0.2) is 0 Å². The highest BCUT2D eigenvalue weighted by molar-refractivity contribution is 6.34. The van der Waals surface area contributed by atoms with Gasteiger partial charge in [0, 0.05) is 23.2 Å². The van der Waals surface area contributed by atoms with Gasteiger partial charge in [0.05, 0.1) is 5.02 Å². The quantitative estimate of drug-likeness (QED) is 0.834. The Bertz CT molecular complexity index is 347. The Morgan fingerprint density at radius 3 is 2.56 bits per heavy atom. The first-order chi connectivity index (χ1) is 7.38.